The molecule has 3 rings (SSSR count). The summed E-state index contributed by atoms with van der Waals surface area (Å²) in [5.41, 5.74) is 2.77. The van der Waals surface area contributed by atoms with Crippen molar-refractivity contribution in [2.45, 2.75) is 13.5 Å². The van der Waals surface area contributed by atoms with Crippen LogP contribution in [0.1, 0.15) is 32.0 Å². The maximum Gasteiger partial charge on any atom is 0.257 e. The minimum absolute atomic E-state index is 0.181. The topological polar surface area (TPSA) is 83.4 Å². The predicted octanol–water partition coefficient (Wildman–Crippen LogP) is 3.64. The fraction of sp³-hybridized carbons (Fsp3) is 0.0952. The van der Waals surface area contributed by atoms with Crippen molar-refractivity contribution in [1.29, 1.82) is 0 Å². The molecule has 0 spiro atoms. The van der Waals surface area contributed by atoms with E-state index in [4.69, 9.17) is 16.6 Å². The summed E-state index contributed by atoms with van der Waals surface area (Å²) in [6.45, 7) is 2.27. The highest BCUT2D eigenvalue weighted by atomic mass is 32.1. The number of thiocarbonyl (C=S) groups is 1. The largest absolute Gasteiger partial charge is 0.467 e. The first-order valence-electron chi connectivity index (χ1n) is 8.61. The zero-order valence-electron chi connectivity index (χ0n) is 15.2. The van der Waals surface area contributed by atoms with Gasteiger partial charge in [0.05, 0.1) is 12.8 Å². The molecule has 7 heteroatoms. The van der Waals surface area contributed by atoms with Crippen molar-refractivity contribution < 1.29 is 14.0 Å². The Morgan fingerprint density at radius 1 is 0.929 bits per heavy atom. The highest BCUT2D eigenvalue weighted by molar-refractivity contribution is 7.80. The number of carbonyl (C=O) groups is 2. The van der Waals surface area contributed by atoms with Gasteiger partial charge in [0.2, 0.25) is 0 Å². The van der Waals surface area contributed by atoms with E-state index in [0.717, 1.165) is 5.56 Å². The van der Waals surface area contributed by atoms with Crippen LogP contribution >= 0.6 is 12.2 Å². The lowest BCUT2D eigenvalue weighted by Crippen LogP contribution is -2.34. The summed E-state index contributed by atoms with van der Waals surface area (Å²) in [7, 11) is 0. The van der Waals surface area contributed by atoms with Crippen LogP contribution in [-0.2, 0) is 6.54 Å². The van der Waals surface area contributed by atoms with Crippen molar-refractivity contribution in [2.75, 3.05) is 5.32 Å². The zero-order valence-corrected chi connectivity index (χ0v) is 16.0. The van der Waals surface area contributed by atoms with Gasteiger partial charge in [-0.05, 0) is 67.7 Å². The smallest absolute Gasteiger partial charge is 0.257 e. The maximum atomic E-state index is 12.2. The monoisotopic (exact) mass is 393 g/mol. The Kier molecular flexibility index (Phi) is 6.18. The Bertz CT molecular complexity index is 965. The molecule has 0 bridgehead atoms. The molecule has 2 aromatic carbocycles. The third-order valence-corrected chi connectivity index (χ3v) is 4.15. The van der Waals surface area contributed by atoms with Gasteiger partial charge in [0.1, 0.15) is 5.76 Å². The van der Waals surface area contributed by atoms with Gasteiger partial charge in [-0.2, -0.15) is 0 Å². The molecule has 1 heterocycles. The molecule has 0 aliphatic heterocycles. The molecule has 3 N–H and O–H groups in total. The number of hydrogen-bond donors (Lipinski definition) is 3. The van der Waals surface area contributed by atoms with E-state index in [-0.39, 0.29) is 16.9 Å². The number of benzene rings is 2. The first-order chi connectivity index (χ1) is 13.5. The van der Waals surface area contributed by atoms with E-state index in [2.05, 4.69) is 16.0 Å². The van der Waals surface area contributed by atoms with Crippen molar-refractivity contribution in [3.8, 4) is 0 Å². The molecular weight excluding hydrogens is 374 g/mol. The molecule has 6 nitrogen and oxygen atoms in total. The molecule has 0 saturated carbocycles. The van der Waals surface area contributed by atoms with E-state index in [1.165, 1.54) is 0 Å². The lowest BCUT2D eigenvalue weighted by Gasteiger charge is -2.10. The van der Waals surface area contributed by atoms with Crippen LogP contribution in [0.3, 0.4) is 0 Å². The maximum absolute atomic E-state index is 12.2. The van der Waals surface area contributed by atoms with Crippen LogP contribution in [0.5, 0.6) is 0 Å². The molecule has 0 aliphatic rings. The molecule has 2 amide bonds. The molecule has 142 valence electrons. The molecule has 3 aromatic rings. The van der Waals surface area contributed by atoms with E-state index < -0.39 is 0 Å². The van der Waals surface area contributed by atoms with Crippen LogP contribution in [0.4, 0.5) is 5.69 Å². The van der Waals surface area contributed by atoms with Crippen LogP contribution in [0.25, 0.3) is 0 Å². The zero-order chi connectivity index (χ0) is 19.9. The standard InChI is InChI=1S/C21H19N3O3S/c1-14-4-6-16(7-5-14)20(26)24-21(28)23-17-10-8-15(9-11-17)19(25)22-13-18-3-2-12-27-18/h2-12H,13H2,1H3,(H,22,25)(H2,23,24,26,28). The van der Waals surface area contributed by atoms with Crippen molar-refractivity contribution in [1.82, 2.24) is 10.6 Å². The summed E-state index contributed by atoms with van der Waals surface area (Å²) >= 11 is 5.18. The number of furan rings is 1. The Morgan fingerprint density at radius 2 is 1.57 bits per heavy atom. The summed E-state index contributed by atoms with van der Waals surface area (Å²) < 4.78 is 5.18. The van der Waals surface area contributed by atoms with Gasteiger partial charge in [-0.1, -0.05) is 17.7 Å². The predicted molar refractivity (Wildman–Crippen MR) is 111 cm³/mol. The van der Waals surface area contributed by atoms with Gasteiger partial charge in [-0.15, -0.1) is 0 Å². The van der Waals surface area contributed by atoms with Gasteiger partial charge in [0, 0.05) is 16.8 Å². The van der Waals surface area contributed by atoms with Crippen LogP contribution in [0, 0.1) is 6.92 Å². The Labute approximate surface area is 167 Å². The molecule has 0 atom stereocenters. The fourth-order valence-electron chi connectivity index (χ4n) is 2.43. The average Bonchev–Trinajstić information content (AvgIpc) is 3.20. The van der Waals surface area contributed by atoms with Crippen LogP contribution < -0.4 is 16.0 Å². The molecule has 0 saturated heterocycles. The number of amides is 2. The number of aryl methyl sites for hydroxylation is 1. The molecular formula is C21H19N3O3S. The summed E-state index contributed by atoms with van der Waals surface area (Å²) in [5, 5.41) is 8.51. The normalized spacial score (nSPS) is 10.2. The molecule has 0 unspecified atom stereocenters. The second-order valence-electron chi connectivity index (χ2n) is 6.11. The van der Waals surface area contributed by atoms with E-state index in [1.54, 1.807) is 54.8 Å². The van der Waals surface area contributed by atoms with E-state index >= 15 is 0 Å². The lowest BCUT2D eigenvalue weighted by molar-refractivity contribution is 0.0946. The minimum atomic E-state index is -0.286. The van der Waals surface area contributed by atoms with Gasteiger partial charge in [0.25, 0.3) is 11.8 Å². The summed E-state index contributed by atoms with van der Waals surface area (Å²) in [6, 6.07) is 17.5. The fourth-order valence-corrected chi connectivity index (χ4v) is 2.64. The number of nitrogens with one attached hydrogen (secondary N) is 3. The highest BCUT2D eigenvalue weighted by Gasteiger charge is 2.09. The lowest BCUT2D eigenvalue weighted by atomic mass is 10.1. The van der Waals surface area contributed by atoms with Gasteiger partial charge in [0.15, 0.2) is 5.11 Å². The summed E-state index contributed by atoms with van der Waals surface area (Å²) in [4.78, 5) is 24.3. The number of anilines is 1. The first-order valence-corrected chi connectivity index (χ1v) is 9.02. The van der Waals surface area contributed by atoms with Crippen LogP contribution in [0.15, 0.2) is 71.3 Å². The molecule has 28 heavy (non-hydrogen) atoms. The van der Waals surface area contributed by atoms with Crippen molar-refractivity contribution in [3.05, 3.63) is 89.4 Å². The molecule has 1 aromatic heterocycles. The Hall–Kier alpha value is -3.45. The third kappa shape index (κ3) is 5.28. The first kappa shape index (κ1) is 19.3. The minimum Gasteiger partial charge on any atom is -0.467 e. The van der Waals surface area contributed by atoms with E-state index in [1.807, 2.05) is 19.1 Å². The quantitative estimate of drug-likeness (QED) is 0.577. The third-order valence-electron chi connectivity index (χ3n) is 3.95. The average molecular weight is 393 g/mol. The van der Waals surface area contributed by atoms with Gasteiger partial charge < -0.3 is 15.1 Å². The number of rotatable bonds is 5. The number of hydrogen-bond acceptors (Lipinski definition) is 4. The van der Waals surface area contributed by atoms with Gasteiger partial charge in [-0.25, -0.2) is 0 Å². The molecule has 0 aliphatic carbocycles. The van der Waals surface area contributed by atoms with Crippen LogP contribution in [0.2, 0.25) is 0 Å². The van der Waals surface area contributed by atoms with E-state index in [9.17, 15) is 9.59 Å². The van der Waals surface area contributed by atoms with Crippen molar-refractivity contribution >= 4 is 34.8 Å². The summed E-state index contributed by atoms with van der Waals surface area (Å²) in [5.74, 6) is 0.186. The summed E-state index contributed by atoms with van der Waals surface area (Å²) in [6.07, 6.45) is 1.56. The SMILES string of the molecule is Cc1ccc(C(=O)NC(=S)Nc2ccc(C(=O)NCc3ccco3)cc2)cc1. The second-order valence-corrected chi connectivity index (χ2v) is 6.52. The Balaban J connectivity index is 1.51. The van der Waals surface area contributed by atoms with Crippen molar-refractivity contribution in [2.24, 2.45) is 0 Å². The van der Waals surface area contributed by atoms with Crippen molar-refractivity contribution in [3.63, 3.8) is 0 Å². The van der Waals surface area contributed by atoms with E-state index in [0.29, 0.717) is 29.1 Å². The number of carbonyl (C=O) groups excluding carboxylic acids is 2. The Morgan fingerprint density at radius 3 is 2.21 bits per heavy atom. The highest BCUT2D eigenvalue weighted by Crippen LogP contribution is 2.10. The van der Waals surface area contributed by atoms with Crippen LogP contribution in [-0.4, -0.2) is 16.9 Å². The van der Waals surface area contributed by atoms with Gasteiger partial charge >= 0.3 is 0 Å². The second kappa shape index (κ2) is 8.96. The van der Waals surface area contributed by atoms with Gasteiger partial charge in [-0.3, -0.25) is 14.9 Å². The molecule has 0 radical (unpaired) electrons. The molecule has 0 fully saturated rings.